The van der Waals surface area contributed by atoms with Crippen LogP contribution in [0.3, 0.4) is 0 Å². The smallest absolute Gasteiger partial charge is 0.269 e. The van der Waals surface area contributed by atoms with Crippen molar-refractivity contribution < 1.29 is 14.3 Å². The third kappa shape index (κ3) is 5.12. The fourth-order valence-corrected chi connectivity index (χ4v) is 3.52. The fraction of sp³-hybridized carbons (Fsp3) is 0.458. The number of aromatic amines is 1. The van der Waals surface area contributed by atoms with Crippen LogP contribution in [0.4, 0.5) is 0 Å². The average molecular weight is 440 g/mol. The van der Waals surface area contributed by atoms with Crippen molar-refractivity contribution in [2.75, 3.05) is 13.2 Å². The Kier molecular flexibility index (Phi) is 7.56. The van der Waals surface area contributed by atoms with Crippen LogP contribution in [0.2, 0.25) is 0 Å². The Morgan fingerprint density at radius 2 is 1.81 bits per heavy atom. The molecule has 2 heterocycles. The lowest BCUT2D eigenvalue weighted by atomic mass is 10.1. The van der Waals surface area contributed by atoms with Gasteiger partial charge in [-0.25, -0.2) is 0 Å². The molecule has 0 aliphatic carbocycles. The third-order valence-electron chi connectivity index (χ3n) is 5.33. The summed E-state index contributed by atoms with van der Waals surface area (Å²) in [5.74, 6) is 1.20. The highest BCUT2D eigenvalue weighted by Crippen LogP contribution is 2.31. The molecule has 0 radical (unpaired) electrons. The van der Waals surface area contributed by atoms with Gasteiger partial charge in [-0.2, -0.15) is 10.2 Å². The predicted octanol–water partition coefficient (Wildman–Crippen LogP) is 4.50. The number of amides is 1. The SMILES string of the molecule is CCCOc1ccc(C(C)NC(=O)c2cc(-c3c(C)nn(C)c3C)n[nH]2)cc1OCCC. The number of carbonyl (C=O) groups excluding carboxylic acids is 1. The number of hydrogen-bond acceptors (Lipinski definition) is 5. The lowest BCUT2D eigenvalue weighted by molar-refractivity contribution is 0.0934. The maximum Gasteiger partial charge on any atom is 0.269 e. The largest absolute Gasteiger partial charge is 0.490 e. The molecule has 3 aromatic rings. The van der Waals surface area contributed by atoms with Gasteiger partial charge in [0.1, 0.15) is 5.69 Å². The van der Waals surface area contributed by atoms with Gasteiger partial charge in [-0.15, -0.1) is 0 Å². The van der Waals surface area contributed by atoms with Gasteiger partial charge < -0.3 is 14.8 Å². The number of benzene rings is 1. The molecule has 172 valence electrons. The monoisotopic (exact) mass is 439 g/mol. The summed E-state index contributed by atoms with van der Waals surface area (Å²) in [5, 5.41) is 14.6. The van der Waals surface area contributed by atoms with Crippen LogP contribution < -0.4 is 14.8 Å². The fourth-order valence-electron chi connectivity index (χ4n) is 3.52. The summed E-state index contributed by atoms with van der Waals surface area (Å²) in [6, 6.07) is 7.33. The first-order valence-corrected chi connectivity index (χ1v) is 11.1. The summed E-state index contributed by atoms with van der Waals surface area (Å²) in [4.78, 5) is 12.9. The minimum atomic E-state index is -0.224. The van der Waals surface area contributed by atoms with Crippen LogP contribution in [0.5, 0.6) is 11.5 Å². The molecular formula is C24H33N5O3. The van der Waals surface area contributed by atoms with Crippen molar-refractivity contribution >= 4 is 5.91 Å². The molecule has 1 aromatic carbocycles. The zero-order valence-corrected chi connectivity index (χ0v) is 19.8. The number of aryl methyl sites for hydroxylation is 2. The second kappa shape index (κ2) is 10.3. The Bertz CT molecular complexity index is 1070. The van der Waals surface area contributed by atoms with E-state index in [9.17, 15) is 4.79 Å². The Morgan fingerprint density at radius 1 is 1.12 bits per heavy atom. The number of carbonyl (C=O) groups is 1. The molecule has 0 saturated carbocycles. The van der Waals surface area contributed by atoms with E-state index in [4.69, 9.17) is 9.47 Å². The van der Waals surface area contributed by atoms with Crippen LogP contribution >= 0.6 is 0 Å². The zero-order valence-electron chi connectivity index (χ0n) is 19.8. The van der Waals surface area contributed by atoms with Crippen molar-refractivity contribution in [1.29, 1.82) is 0 Å². The second-order valence-electron chi connectivity index (χ2n) is 7.93. The average Bonchev–Trinajstić information content (AvgIpc) is 3.35. The van der Waals surface area contributed by atoms with Crippen LogP contribution in [0.1, 0.15) is 67.1 Å². The molecule has 0 spiro atoms. The van der Waals surface area contributed by atoms with Gasteiger partial charge in [0, 0.05) is 18.3 Å². The quantitative estimate of drug-likeness (QED) is 0.485. The summed E-state index contributed by atoms with van der Waals surface area (Å²) in [6.07, 6.45) is 1.83. The van der Waals surface area contributed by atoms with E-state index in [0.717, 1.165) is 41.1 Å². The van der Waals surface area contributed by atoms with E-state index in [-0.39, 0.29) is 11.9 Å². The number of aromatic nitrogens is 4. The van der Waals surface area contributed by atoms with Crippen LogP contribution in [0.15, 0.2) is 24.3 Å². The van der Waals surface area contributed by atoms with Crippen molar-refractivity contribution in [2.24, 2.45) is 7.05 Å². The topological polar surface area (TPSA) is 94.1 Å². The van der Waals surface area contributed by atoms with Crippen LogP contribution in [0.25, 0.3) is 11.3 Å². The lowest BCUT2D eigenvalue weighted by Crippen LogP contribution is -2.27. The lowest BCUT2D eigenvalue weighted by Gasteiger charge is -2.17. The molecule has 8 heteroatoms. The first-order valence-electron chi connectivity index (χ1n) is 11.1. The predicted molar refractivity (Wildman–Crippen MR) is 124 cm³/mol. The van der Waals surface area contributed by atoms with Gasteiger partial charge >= 0.3 is 0 Å². The highest BCUT2D eigenvalue weighted by atomic mass is 16.5. The van der Waals surface area contributed by atoms with Gasteiger partial charge in [-0.3, -0.25) is 14.6 Å². The minimum absolute atomic E-state index is 0.222. The Hall–Kier alpha value is -3.29. The molecule has 0 aliphatic heterocycles. The van der Waals surface area contributed by atoms with Crippen molar-refractivity contribution in [1.82, 2.24) is 25.3 Å². The third-order valence-corrected chi connectivity index (χ3v) is 5.33. The molecule has 0 saturated heterocycles. The van der Waals surface area contributed by atoms with Gasteiger partial charge in [0.25, 0.3) is 5.91 Å². The maximum absolute atomic E-state index is 12.9. The van der Waals surface area contributed by atoms with Gasteiger partial charge in [-0.1, -0.05) is 19.9 Å². The van der Waals surface area contributed by atoms with Gasteiger partial charge in [-0.05, 0) is 57.4 Å². The highest BCUT2D eigenvalue weighted by molar-refractivity contribution is 5.93. The number of nitrogens with zero attached hydrogens (tertiary/aromatic N) is 3. The summed E-state index contributed by atoms with van der Waals surface area (Å²) in [7, 11) is 1.89. The molecule has 0 aliphatic rings. The van der Waals surface area contributed by atoms with Gasteiger partial charge in [0.15, 0.2) is 11.5 Å². The van der Waals surface area contributed by atoms with E-state index in [2.05, 4.69) is 34.5 Å². The molecule has 8 nitrogen and oxygen atoms in total. The number of H-pyrrole nitrogens is 1. The standard InChI is InChI=1S/C24H33N5O3/c1-7-11-31-21-10-9-18(13-22(21)32-12-8-2)15(3)25-24(30)20-14-19(26-27-20)23-16(4)28-29(6)17(23)5/h9-10,13-15H,7-8,11-12H2,1-6H3,(H,25,30)(H,26,27). The maximum atomic E-state index is 12.9. The molecule has 32 heavy (non-hydrogen) atoms. The van der Waals surface area contributed by atoms with Gasteiger partial charge in [0.2, 0.25) is 0 Å². The Morgan fingerprint density at radius 3 is 2.44 bits per heavy atom. The number of rotatable bonds is 10. The van der Waals surface area contributed by atoms with Crippen LogP contribution in [-0.2, 0) is 7.05 Å². The van der Waals surface area contributed by atoms with Crippen LogP contribution in [0, 0.1) is 13.8 Å². The molecule has 2 aromatic heterocycles. The van der Waals surface area contributed by atoms with E-state index in [0.29, 0.717) is 30.4 Å². The Balaban J connectivity index is 1.75. The number of ether oxygens (including phenoxy) is 2. The van der Waals surface area contributed by atoms with Crippen molar-refractivity contribution in [3.05, 3.63) is 46.9 Å². The van der Waals surface area contributed by atoms with Crippen LogP contribution in [-0.4, -0.2) is 39.1 Å². The molecule has 1 amide bonds. The van der Waals surface area contributed by atoms with E-state index < -0.39 is 0 Å². The van der Waals surface area contributed by atoms with E-state index in [1.54, 1.807) is 6.07 Å². The molecule has 0 bridgehead atoms. The molecule has 0 fully saturated rings. The molecule has 2 N–H and O–H groups in total. The van der Waals surface area contributed by atoms with Crippen molar-refractivity contribution in [2.45, 2.75) is 53.5 Å². The molecule has 3 rings (SSSR count). The Labute approximate surface area is 189 Å². The van der Waals surface area contributed by atoms with E-state index >= 15 is 0 Å². The molecule has 1 atom stereocenters. The van der Waals surface area contributed by atoms with E-state index in [1.165, 1.54) is 0 Å². The first kappa shape index (κ1) is 23.4. The van der Waals surface area contributed by atoms with E-state index in [1.807, 2.05) is 50.7 Å². The summed E-state index contributed by atoms with van der Waals surface area (Å²) in [6.45, 7) is 11.2. The number of hydrogen-bond donors (Lipinski definition) is 2. The first-order chi connectivity index (χ1) is 15.3. The molecule has 1 unspecified atom stereocenters. The highest BCUT2D eigenvalue weighted by Gasteiger charge is 2.19. The zero-order chi connectivity index (χ0) is 23.3. The minimum Gasteiger partial charge on any atom is -0.490 e. The summed E-state index contributed by atoms with van der Waals surface area (Å²) >= 11 is 0. The normalized spacial score (nSPS) is 11.9. The second-order valence-corrected chi connectivity index (χ2v) is 7.93. The van der Waals surface area contributed by atoms with Crippen molar-refractivity contribution in [3.8, 4) is 22.8 Å². The van der Waals surface area contributed by atoms with Crippen molar-refractivity contribution in [3.63, 3.8) is 0 Å². The summed E-state index contributed by atoms with van der Waals surface area (Å²) in [5.41, 5.74) is 4.86. The summed E-state index contributed by atoms with van der Waals surface area (Å²) < 4.78 is 13.5. The number of nitrogens with one attached hydrogen (secondary N) is 2. The molecular weight excluding hydrogens is 406 g/mol. The van der Waals surface area contributed by atoms with Gasteiger partial charge in [0.05, 0.1) is 30.6 Å².